The van der Waals surface area contributed by atoms with Gasteiger partial charge in [0.05, 0.1) is 9.38 Å². The van der Waals surface area contributed by atoms with E-state index in [1.54, 1.807) is 12.1 Å². The van der Waals surface area contributed by atoms with Gasteiger partial charge in [-0.15, -0.1) is 0 Å². The second-order valence-corrected chi connectivity index (χ2v) is 7.43. The fourth-order valence-electron chi connectivity index (χ4n) is 1.61. The number of carboxylic acid groups (broad SMARTS) is 1. The molecule has 21 heavy (non-hydrogen) atoms. The van der Waals surface area contributed by atoms with Gasteiger partial charge in [-0.3, -0.25) is 14.5 Å². The quantitative estimate of drug-likeness (QED) is 0.541. The topological polar surface area (TPSA) is 77.8 Å². The number of thiocarbonyl (C=S) groups is 1. The second kappa shape index (κ2) is 6.47. The maximum Gasteiger partial charge on any atom is 0.323 e. The molecule has 1 aliphatic heterocycles. The summed E-state index contributed by atoms with van der Waals surface area (Å²) >= 11 is 12.5. The molecule has 1 aromatic carbocycles. The Morgan fingerprint density at radius 2 is 2.10 bits per heavy atom. The number of carbonyl (C=O) groups is 2. The Balaban J connectivity index is 2.37. The molecule has 9 heteroatoms. The maximum absolute atomic E-state index is 12.1. The van der Waals surface area contributed by atoms with Crippen LogP contribution in [0, 0.1) is 0 Å². The Morgan fingerprint density at radius 3 is 2.71 bits per heavy atom. The molecule has 2 N–H and O–H groups in total. The lowest BCUT2D eigenvalue weighted by Crippen LogP contribution is -2.33. The van der Waals surface area contributed by atoms with Gasteiger partial charge in [-0.1, -0.05) is 39.9 Å². The van der Waals surface area contributed by atoms with Crippen molar-refractivity contribution in [1.82, 2.24) is 4.90 Å². The highest BCUT2D eigenvalue weighted by molar-refractivity contribution is 9.11. The largest absolute Gasteiger partial charge is 0.506 e. The van der Waals surface area contributed by atoms with Gasteiger partial charge in [0.15, 0.2) is 0 Å². The molecular weight excluding hydrogens is 446 g/mol. The number of aliphatic carboxylic acids is 1. The number of hydrogen-bond donors (Lipinski definition) is 2. The third kappa shape index (κ3) is 3.65. The van der Waals surface area contributed by atoms with E-state index in [-0.39, 0.29) is 15.0 Å². The van der Waals surface area contributed by atoms with Crippen molar-refractivity contribution in [3.63, 3.8) is 0 Å². The summed E-state index contributed by atoms with van der Waals surface area (Å²) in [5.41, 5.74) is 0.423. The highest BCUT2D eigenvalue weighted by Gasteiger charge is 2.33. The lowest BCUT2D eigenvalue weighted by atomic mass is 10.2. The van der Waals surface area contributed by atoms with Crippen molar-refractivity contribution >= 4 is 78.1 Å². The Labute approximate surface area is 146 Å². The predicted octanol–water partition coefficient (Wildman–Crippen LogP) is 3.20. The minimum Gasteiger partial charge on any atom is -0.506 e. The average Bonchev–Trinajstić information content (AvgIpc) is 2.63. The summed E-state index contributed by atoms with van der Waals surface area (Å²) in [5.74, 6) is -1.63. The molecule has 1 aliphatic rings. The number of nitrogens with zero attached hydrogens (tertiary/aromatic N) is 1. The lowest BCUT2D eigenvalue weighted by Gasteiger charge is -2.10. The van der Waals surface area contributed by atoms with Crippen molar-refractivity contribution in [3.8, 4) is 5.75 Å². The van der Waals surface area contributed by atoms with Crippen LogP contribution in [0.1, 0.15) is 5.56 Å². The van der Waals surface area contributed by atoms with E-state index in [4.69, 9.17) is 17.3 Å². The zero-order valence-electron chi connectivity index (χ0n) is 10.2. The first-order valence-corrected chi connectivity index (χ1v) is 8.26. The van der Waals surface area contributed by atoms with E-state index in [0.717, 1.165) is 21.1 Å². The number of amides is 1. The van der Waals surface area contributed by atoms with Gasteiger partial charge in [-0.25, -0.2) is 0 Å². The third-order valence-corrected chi connectivity index (χ3v) is 4.95. The number of benzene rings is 1. The molecule has 0 aromatic heterocycles. The van der Waals surface area contributed by atoms with Crippen LogP contribution < -0.4 is 0 Å². The van der Waals surface area contributed by atoms with Crippen LogP contribution in [0.4, 0.5) is 0 Å². The molecule has 5 nitrogen and oxygen atoms in total. The van der Waals surface area contributed by atoms with Crippen molar-refractivity contribution in [1.29, 1.82) is 0 Å². The van der Waals surface area contributed by atoms with Crippen LogP contribution in [-0.4, -0.2) is 37.9 Å². The second-order valence-electron chi connectivity index (χ2n) is 3.99. The zero-order valence-corrected chi connectivity index (χ0v) is 15.0. The molecule has 0 atom stereocenters. The molecule has 2 rings (SSSR count). The van der Waals surface area contributed by atoms with Crippen LogP contribution in [0.25, 0.3) is 6.08 Å². The SMILES string of the molecule is O=C(O)CN1C(=O)C(=Cc2cc(Br)cc(Br)c2O)SC1=S. The summed E-state index contributed by atoms with van der Waals surface area (Å²) in [5, 5.41) is 18.7. The van der Waals surface area contributed by atoms with Crippen LogP contribution in [-0.2, 0) is 9.59 Å². The highest BCUT2D eigenvalue weighted by Crippen LogP contribution is 2.37. The number of carbonyl (C=O) groups excluding carboxylic acids is 1. The Kier molecular flexibility index (Phi) is 5.07. The fraction of sp³-hybridized carbons (Fsp3) is 0.0833. The molecule has 1 amide bonds. The molecule has 1 heterocycles. The number of phenols is 1. The van der Waals surface area contributed by atoms with Gasteiger partial charge in [0.1, 0.15) is 16.6 Å². The molecule has 0 aliphatic carbocycles. The predicted molar refractivity (Wildman–Crippen MR) is 91.0 cm³/mol. The van der Waals surface area contributed by atoms with E-state index in [1.165, 1.54) is 6.08 Å². The normalized spacial score (nSPS) is 16.9. The molecule has 0 bridgehead atoms. The van der Waals surface area contributed by atoms with Crippen LogP contribution in [0.5, 0.6) is 5.75 Å². The molecular formula is C12H7Br2NO4S2. The highest BCUT2D eigenvalue weighted by atomic mass is 79.9. The van der Waals surface area contributed by atoms with Gasteiger partial charge >= 0.3 is 5.97 Å². The number of thioether (sulfide) groups is 1. The Hall–Kier alpha value is -0.900. The first-order chi connectivity index (χ1) is 9.79. The van der Waals surface area contributed by atoms with Gasteiger partial charge in [0.2, 0.25) is 0 Å². The average molecular weight is 453 g/mol. The van der Waals surface area contributed by atoms with Crippen molar-refractivity contribution in [2.45, 2.75) is 0 Å². The molecule has 110 valence electrons. The summed E-state index contributed by atoms with van der Waals surface area (Å²) in [6, 6.07) is 3.31. The first-order valence-electron chi connectivity index (χ1n) is 5.44. The standard InChI is InChI=1S/C12H7Br2NO4S2/c13-6-1-5(10(18)7(14)3-6)2-8-11(19)15(4-9(16)17)12(20)21-8/h1-3,18H,4H2,(H,16,17). The van der Waals surface area contributed by atoms with Gasteiger partial charge in [0.25, 0.3) is 5.91 Å². The first kappa shape index (κ1) is 16.5. The summed E-state index contributed by atoms with van der Waals surface area (Å²) < 4.78 is 1.38. The van der Waals surface area contributed by atoms with Crippen molar-refractivity contribution in [2.75, 3.05) is 6.54 Å². The van der Waals surface area contributed by atoms with E-state index in [9.17, 15) is 14.7 Å². The minimum atomic E-state index is -1.14. The minimum absolute atomic E-state index is 0.0123. The van der Waals surface area contributed by atoms with Crippen LogP contribution >= 0.6 is 55.8 Å². The smallest absolute Gasteiger partial charge is 0.323 e. The number of hydrogen-bond acceptors (Lipinski definition) is 5. The monoisotopic (exact) mass is 451 g/mol. The van der Waals surface area contributed by atoms with Crippen molar-refractivity contribution < 1.29 is 19.8 Å². The van der Waals surface area contributed by atoms with Crippen molar-refractivity contribution in [2.24, 2.45) is 0 Å². The maximum atomic E-state index is 12.1. The van der Waals surface area contributed by atoms with Gasteiger partial charge in [-0.2, -0.15) is 0 Å². The third-order valence-electron chi connectivity index (χ3n) is 2.51. The van der Waals surface area contributed by atoms with E-state index in [0.29, 0.717) is 10.0 Å². The zero-order chi connectivity index (χ0) is 15.7. The molecule has 0 unspecified atom stereocenters. The number of rotatable bonds is 3. The molecule has 1 saturated heterocycles. The van der Waals surface area contributed by atoms with Gasteiger partial charge in [0, 0.05) is 10.0 Å². The van der Waals surface area contributed by atoms with Gasteiger partial charge < -0.3 is 10.2 Å². The molecule has 1 fully saturated rings. The van der Waals surface area contributed by atoms with E-state index in [1.807, 2.05) is 0 Å². The van der Waals surface area contributed by atoms with E-state index in [2.05, 4.69) is 31.9 Å². The molecule has 0 radical (unpaired) electrons. The van der Waals surface area contributed by atoms with Crippen molar-refractivity contribution in [3.05, 3.63) is 31.5 Å². The van der Waals surface area contributed by atoms with E-state index >= 15 is 0 Å². The molecule has 0 saturated carbocycles. The lowest BCUT2D eigenvalue weighted by molar-refractivity contribution is -0.140. The van der Waals surface area contributed by atoms with Crippen LogP contribution in [0.15, 0.2) is 26.0 Å². The Morgan fingerprint density at radius 1 is 1.43 bits per heavy atom. The number of halogens is 2. The molecule has 1 aromatic rings. The van der Waals surface area contributed by atoms with Crippen LogP contribution in [0.2, 0.25) is 0 Å². The van der Waals surface area contributed by atoms with E-state index < -0.39 is 18.4 Å². The molecule has 0 spiro atoms. The Bertz CT molecular complexity index is 690. The number of carboxylic acids is 1. The summed E-state index contributed by atoms with van der Waals surface area (Å²) in [6.45, 7) is -0.476. The summed E-state index contributed by atoms with van der Waals surface area (Å²) in [7, 11) is 0. The summed E-state index contributed by atoms with van der Waals surface area (Å²) in [4.78, 5) is 24.1. The number of phenolic OH excluding ortho intramolecular Hbond substituents is 1. The summed E-state index contributed by atoms with van der Waals surface area (Å²) in [6.07, 6.45) is 1.48. The fourth-order valence-corrected chi connectivity index (χ4v) is 4.11. The van der Waals surface area contributed by atoms with Crippen LogP contribution in [0.3, 0.4) is 0 Å². The van der Waals surface area contributed by atoms with Gasteiger partial charge in [-0.05, 0) is 34.1 Å². The number of aromatic hydroxyl groups is 1.